The number of hydrogen-bond donors (Lipinski definition) is 1. The quantitative estimate of drug-likeness (QED) is 0.630. The number of unbranched alkanes of at least 4 members (excludes halogenated alkanes) is 1. The SMILES string of the molecule is CCCCOc1cccc(SC(=O)NC2CC2C)c1. The second-order valence-electron chi connectivity index (χ2n) is 5.03. The summed E-state index contributed by atoms with van der Waals surface area (Å²) < 4.78 is 5.63. The molecule has 2 atom stereocenters. The summed E-state index contributed by atoms with van der Waals surface area (Å²) in [6.07, 6.45) is 3.28. The van der Waals surface area contributed by atoms with Crippen LogP contribution >= 0.6 is 11.8 Å². The van der Waals surface area contributed by atoms with Gasteiger partial charge in [0.2, 0.25) is 0 Å². The van der Waals surface area contributed by atoms with Crippen LogP contribution in [0.15, 0.2) is 29.2 Å². The van der Waals surface area contributed by atoms with E-state index in [4.69, 9.17) is 4.74 Å². The van der Waals surface area contributed by atoms with Crippen molar-refractivity contribution in [3.05, 3.63) is 24.3 Å². The fourth-order valence-corrected chi connectivity index (χ4v) is 2.52. The molecular weight excluding hydrogens is 258 g/mol. The smallest absolute Gasteiger partial charge is 0.284 e. The Morgan fingerprint density at radius 1 is 1.53 bits per heavy atom. The largest absolute Gasteiger partial charge is 0.494 e. The van der Waals surface area contributed by atoms with Crippen molar-refractivity contribution in [2.75, 3.05) is 6.61 Å². The Hall–Kier alpha value is -1.16. The molecule has 1 aliphatic rings. The average molecular weight is 279 g/mol. The second kappa shape index (κ2) is 6.85. The van der Waals surface area contributed by atoms with Gasteiger partial charge in [-0.05, 0) is 48.7 Å². The number of nitrogens with one attached hydrogen (secondary N) is 1. The van der Waals surface area contributed by atoms with Crippen molar-refractivity contribution in [2.45, 2.75) is 44.0 Å². The topological polar surface area (TPSA) is 38.3 Å². The van der Waals surface area contributed by atoms with E-state index in [0.717, 1.165) is 36.5 Å². The minimum Gasteiger partial charge on any atom is -0.494 e. The van der Waals surface area contributed by atoms with Gasteiger partial charge in [-0.3, -0.25) is 4.79 Å². The van der Waals surface area contributed by atoms with Gasteiger partial charge < -0.3 is 10.1 Å². The van der Waals surface area contributed by atoms with Crippen LogP contribution < -0.4 is 10.1 Å². The number of ether oxygens (including phenoxy) is 1. The minimum absolute atomic E-state index is 0.0278. The highest BCUT2D eigenvalue weighted by Gasteiger charge is 2.33. The minimum atomic E-state index is 0.0278. The molecule has 1 fully saturated rings. The molecule has 3 nitrogen and oxygen atoms in total. The van der Waals surface area contributed by atoms with Gasteiger partial charge in [0.05, 0.1) is 6.61 Å². The van der Waals surface area contributed by atoms with Crippen LogP contribution in [0.25, 0.3) is 0 Å². The Labute approximate surface area is 119 Å². The van der Waals surface area contributed by atoms with E-state index < -0.39 is 0 Å². The molecule has 1 aromatic carbocycles. The number of hydrogen-bond acceptors (Lipinski definition) is 3. The maximum absolute atomic E-state index is 11.8. The van der Waals surface area contributed by atoms with Crippen LogP contribution in [0.1, 0.15) is 33.1 Å². The lowest BCUT2D eigenvalue weighted by Gasteiger charge is -2.07. The van der Waals surface area contributed by atoms with E-state index in [1.165, 1.54) is 11.8 Å². The molecule has 0 bridgehead atoms. The number of amides is 1. The third-order valence-electron chi connectivity index (χ3n) is 3.20. The summed E-state index contributed by atoms with van der Waals surface area (Å²) in [7, 11) is 0. The zero-order valence-electron chi connectivity index (χ0n) is 11.5. The molecule has 1 aliphatic carbocycles. The van der Waals surface area contributed by atoms with E-state index >= 15 is 0 Å². The summed E-state index contributed by atoms with van der Waals surface area (Å²) in [6, 6.07) is 8.10. The van der Waals surface area contributed by atoms with Gasteiger partial charge in [-0.1, -0.05) is 26.3 Å². The van der Waals surface area contributed by atoms with Gasteiger partial charge in [0.15, 0.2) is 0 Å². The first-order valence-electron chi connectivity index (χ1n) is 6.90. The fraction of sp³-hybridized carbons (Fsp3) is 0.533. The van der Waals surface area contributed by atoms with Crippen molar-refractivity contribution in [2.24, 2.45) is 5.92 Å². The Morgan fingerprint density at radius 2 is 2.32 bits per heavy atom. The number of benzene rings is 1. The Morgan fingerprint density at radius 3 is 3.00 bits per heavy atom. The molecule has 0 radical (unpaired) electrons. The van der Waals surface area contributed by atoms with Gasteiger partial charge in [-0.2, -0.15) is 0 Å². The maximum atomic E-state index is 11.8. The van der Waals surface area contributed by atoms with Crippen LogP contribution in [-0.2, 0) is 0 Å². The molecule has 0 aromatic heterocycles. The predicted octanol–water partition coefficient (Wildman–Crippen LogP) is 4.08. The van der Waals surface area contributed by atoms with Crippen LogP contribution in [-0.4, -0.2) is 17.9 Å². The average Bonchev–Trinajstić information content (AvgIpc) is 3.05. The van der Waals surface area contributed by atoms with E-state index in [1.807, 2.05) is 24.3 Å². The number of thioether (sulfide) groups is 1. The first kappa shape index (κ1) is 14.3. The Balaban J connectivity index is 1.82. The Bertz CT molecular complexity index is 436. The van der Waals surface area contributed by atoms with E-state index in [0.29, 0.717) is 12.0 Å². The van der Waals surface area contributed by atoms with Crippen LogP contribution in [0.2, 0.25) is 0 Å². The van der Waals surface area contributed by atoms with Crippen molar-refractivity contribution in [3.8, 4) is 5.75 Å². The van der Waals surface area contributed by atoms with Gasteiger partial charge in [0.1, 0.15) is 5.75 Å². The molecule has 0 spiro atoms. The summed E-state index contributed by atoms with van der Waals surface area (Å²) in [4.78, 5) is 12.7. The first-order valence-corrected chi connectivity index (χ1v) is 7.72. The summed E-state index contributed by atoms with van der Waals surface area (Å²) in [5, 5.41) is 3.03. The summed E-state index contributed by atoms with van der Waals surface area (Å²) in [6.45, 7) is 5.02. The van der Waals surface area contributed by atoms with Crippen molar-refractivity contribution < 1.29 is 9.53 Å². The molecule has 1 N–H and O–H groups in total. The summed E-state index contributed by atoms with van der Waals surface area (Å²) >= 11 is 1.24. The third kappa shape index (κ3) is 4.78. The number of carbonyl (C=O) groups is 1. The molecule has 0 aliphatic heterocycles. The van der Waals surface area contributed by atoms with Gasteiger partial charge in [0, 0.05) is 10.9 Å². The molecule has 0 saturated heterocycles. The van der Waals surface area contributed by atoms with Crippen LogP contribution in [0.5, 0.6) is 5.75 Å². The van der Waals surface area contributed by atoms with Crippen molar-refractivity contribution in [3.63, 3.8) is 0 Å². The summed E-state index contributed by atoms with van der Waals surface area (Å²) in [5.41, 5.74) is 0. The molecule has 1 saturated carbocycles. The highest BCUT2D eigenvalue weighted by Crippen LogP contribution is 2.31. The Kier molecular flexibility index (Phi) is 5.14. The zero-order valence-corrected chi connectivity index (χ0v) is 12.3. The standard InChI is InChI=1S/C15H21NO2S/c1-3-4-8-18-12-6-5-7-13(10-12)19-15(17)16-14-9-11(14)2/h5-7,10-11,14H,3-4,8-9H2,1-2H3,(H,16,17). The lowest BCUT2D eigenvalue weighted by molar-refractivity contribution is 0.260. The first-order chi connectivity index (χ1) is 9.19. The van der Waals surface area contributed by atoms with Gasteiger partial charge >= 0.3 is 0 Å². The van der Waals surface area contributed by atoms with Crippen molar-refractivity contribution >= 4 is 17.0 Å². The molecule has 19 heavy (non-hydrogen) atoms. The molecule has 2 rings (SSSR count). The molecule has 1 aromatic rings. The maximum Gasteiger partial charge on any atom is 0.284 e. The fourth-order valence-electron chi connectivity index (χ4n) is 1.77. The molecule has 104 valence electrons. The lowest BCUT2D eigenvalue weighted by Crippen LogP contribution is -2.21. The summed E-state index contributed by atoms with van der Waals surface area (Å²) in [5.74, 6) is 1.47. The monoisotopic (exact) mass is 279 g/mol. The van der Waals surface area contributed by atoms with Crippen LogP contribution in [0, 0.1) is 5.92 Å². The van der Waals surface area contributed by atoms with Crippen molar-refractivity contribution in [1.29, 1.82) is 0 Å². The van der Waals surface area contributed by atoms with E-state index in [-0.39, 0.29) is 5.24 Å². The van der Waals surface area contributed by atoms with Crippen LogP contribution in [0.4, 0.5) is 4.79 Å². The highest BCUT2D eigenvalue weighted by molar-refractivity contribution is 8.13. The lowest BCUT2D eigenvalue weighted by atomic mass is 10.3. The predicted molar refractivity (Wildman–Crippen MR) is 78.8 cm³/mol. The second-order valence-corrected chi connectivity index (χ2v) is 6.08. The molecule has 2 unspecified atom stereocenters. The normalized spacial score (nSPS) is 20.9. The zero-order chi connectivity index (χ0) is 13.7. The van der Waals surface area contributed by atoms with Gasteiger partial charge in [0.25, 0.3) is 5.24 Å². The van der Waals surface area contributed by atoms with E-state index in [2.05, 4.69) is 19.2 Å². The van der Waals surface area contributed by atoms with Gasteiger partial charge in [-0.15, -0.1) is 0 Å². The highest BCUT2D eigenvalue weighted by atomic mass is 32.2. The van der Waals surface area contributed by atoms with Crippen molar-refractivity contribution in [1.82, 2.24) is 5.32 Å². The molecular formula is C15H21NO2S. The van der Waals surface area contributed by atoms with Crippen LogP contribution in [0.3, 0.4) is 0 Å². The molecule has 0 heterocycles. The third-order valence-corrected chi connectivity index (χ3v) is 3.99. The molecule has 4 heteroatoms. The molecule has 1 amide bonds. The number of carbonyl (C=O) groups excluding carboxylic acids is 1. The van der Waals surface area contributed by atoms with E-state index in [9.17, 15) is 4.79 Å². The number of rotatable bonds is 6. The van der Waals surface area contributed by atoms with Gasteiger partial charge in [-0.25, -0.2) is 0 Å². The van der Waals surface area contributed by atoms with E-state index in [1.54, 1.807) is 0 Å².